The number of fused-ring (bicyclic) bond motifs is 2. The molecule has 0 aliphatic carbocycles. The number of nitrogens with zero attached hydrogens (tertiary/aromatic N) is 1. The molecule has 0 radical (unpaired) electrons. The highest BCUT2D eigenvalue weighted by molar-refractivity contribution is 7.80. The van der Waals surface area contributed by atoms with Crippen molar-refractivity contribution in [1.29, 1.82) is 0 Å². The van der Waals surface area contributed by atoms with Crippen LogP contribution in [0.4, 0.5) is 0 Å². The molecule has 0 aliphatic heterocycles. The average Bonchev–Trinajstić information content (AvgIpc) is 3.24. The highest BCUT2D eigenvalue weighted by atomic mass is 35.5. The molecule has 0 amide bonds. The van der Waals surface area contributed by atoms with Crippen LogP contribution in [0.2, 0.25) is 5.02 Å². The number of thiocarbonyl (C=S) groups is 1. The summed E-state index contributed by atoms with van der Waals surface area (Å²) in [5.74, 6) is 0. The summed E-state index contributed by atoms with van der Waals surface area (Å²) in [4.78, 5) is 0. The van der Waals surface area contributed by atoms with Crippen molar-refractivity contribution in [3.05, 3.63) is 89.6 Å². The molecule has 34 heavy (non-hydrogen) atoms. The molecule has 0 fully saturated rings. The lowest BCUT2D eigenvalue weighted by Gasteiger charge is -2.10. The zero-order chi connectivity index (χ0) is 23.7. The third-order valence-electron chi connectivity index (χ3n) is 5.38. The van der Waals surface area contributed by atoms with Crippen molar-refractivity contribution in [2.45, 2.75) is 19.9 Å². The van der Waals surface area contributed by atoms with Gasteiger partial charge in [-0.25, -0.2) is 0 Å². The first-order valence-electron chi connectivity index (χ1n) is 10.9. The van der Waals surface area contributed by atoms with Gasteiger partial charge in [0, 0.05) is 39.5 Å². The molecule has 0 saturated heterocycles. The van der Waals surface area contributed by atoms with Crippen LogP contribution in [-0.2, 0) is 0 Å². The summed E-state index contributed by atoms with van der Waals surface area (Å²) in [5, 5.41) is 10.6. The standard InChI is InChI=1S/C27H22ClN3O2S/c1-16(2)29-27(34)31-30-26-13-20(17-6-4-3-5-7-17)21-12-22-23(18-8-10-19(28)11-9-18)15-32-24(22)14-25(21)33-26/h3-16H,1-2H3,(H2,29,31,34)/b30-26+. The highest BCUT2D eigenvalue weighted by Gasteiger charge is 2.14. The van der Waals surface area contributed by atoms with E-state index in [0.717, 1.165) is 38.6 Å². The predicted molar refractivity (Wildman–Crippen MR) is 141 cm³/mol. The van der Waals surface area contributed by atoms with Gasteiger partial charge in [-0.3, -0.25) is 5.43 Å². The molecule has 2 aromatic heterocycles. The number of rotatable bonds is 4. The van der Waals surface area contributed by atoms with Crippen molar-refractivity contribution in [3.8, 4) is 22.3 Å². The van der Waals surface area contributed by atoms with Gasteiger partial charge in [0.1, 0.15) is 11.2 Å². The molecule has 2 N–H and O–H groups in total. The van der Waals surface area contributed by atoms with E-state index in [2.05, 4.69) is 34.0 Å². The van der Waals surface area contributed by atoms with Gasteiger partial charge in [0.05, 0.1) is 6.26 Å². The number of benzene rings is 3. The van der Waals surface area contributed by atoms with E-state index in [0.29, 0.717) is 21.3 Å². The van der Waals surface area contributed by atoms with Crippen molar-refractivity contribution in [2.75, 3.05) is 0 Å². The second kappa shape index (κ2) is 9.33. The van der Waals surface area contributed by atoms with E-state index in [4.69, 9.17) is 32.7 Å². The van der Waals surface area contributed by atoms with Gasteiger partial charge in [-0.15, -0.1) is 5.10 Å². The van der Waals surface area contributed by atoms with Crippen LogP contribution in [0, 0.1) is 0 Å². The molecule has 0 saturated carbocycles. The SMILES string of the molecule is CC(C)NC(=S)N/N=c1\cc(-c2ccccc2)c2cc3c(-c4ccc(Cl)cc4)coc3cc2o1. The summed E-state index contributed by atoms with van der Waals surface area (Å²) >= 11 is 11.4. The first-order valence-corrected chi connectivity index (χ1v) is 11.7. The maximum atomic E-state index is 6.12. The number of hydrogen-bond donors (Lipinski definition) is 2. The zero-order valence-electron chi connectivity index (χ0n) is 18.6. The Labute approximate surface area is 207 Å². The molecule has 5 rings (SSSR count). The maximum absolute atomic E-state index is 6.12. The van der Waals surface area contributed by atoms with Crippen LogP contribution in [0.15, 0.2) is 93.0 Å². The van der Waals surface area contributed by atoms with Crippen molar-refractivity contribution in [3.63, 3.8) is 0 Å². The van der Waals surface area contributed by atoms with E-state index in [-0.39, 0.29) is 6.04 Å². The quantitative estimate of drug-likeness (QED) is 0.214. The Kier molecular flexibility index (Phi) is 6.09. The maximum Gasteiger partial charge on any atom is 0.237 e. The van der Waals surface area contributed by atoms with Gasteiger partial charge in [-0.1, -0.05) is 54.1 Å². The normalized spacial score (nSPS) is 11.9. The summed E-state index contributed by atoms with van der Waals surface area (Å²) < 4.78 is 12.0. The van der Waals surface area contributed by atoms with Crippen molar-refractivity contribution < 1.29 is 8.83 Å². The average molecular weight is 488 g/mol. The number of furan rings is 1. The third-order valence-corrected chi connectivity index (χ3v) is 5.84. The van der Waals surface area contributed by atoms with Gasteiger partial charge >= 0.3 is 0 Å². The van der Waals surface area contributed by atoms with E-state index in [9.17, 15) is 0 Å². The summed E-state index contributed by atoms with van der Waals surface area (Å²) in [7, 11) is 0. The van der Waals surface area contributed by atoms with Crippen molar-refractivity contribution in [2.24, 2.45) is 5.10 Å². The Hall–Kier alpha value is -3.61. The van der Waals surface area contributed by atoms with Gasteiger partial charge in [-0.05, 0) is 61.0 Å². The molecule has 0 atom stereocenters. The molecular weight excluding hydrogens is 466 g/mol. The molecule has 7 heteroatoms. The van der Waals surface area contributed by atoms with Crippen LogP contribution in [0.1, 0.15) is 13.8 Å². The minimum atomic E-state index is 0.200. The lowest BCUT2D eigenvalue weighted by atomic mass is 9.98. The smallest absolute Gasteiger partial charge is 0.237 e. The Balaban J connectivity index is 1.69. The van der Waals surface area contributed by atoms with E-state index in [1.54, 1.807) is 6.26 Å². The number of hydrogen-bond acceptors (Lipinski definition) is 4. The van der Waals surface area contributed by atoms with E-state index in [1.807, 2.05) is 68.4 Å². The minimum Gasteiger partial charge on any atom is -0.464 e. The van der Waals surface area contributed by atoms with Gasteiger partial charge < -0.3 is 14.2 Å². The van der Waals surface area contributed by atoms with Crippen LogP contribution in [0.5, 0.6) is 0 Å². The number of nitrogens with one attached hydrogen (secondary N) is 2. The molecule has 170 valence electrons. The Morgan fingerprint density at radius 1 is 0.882 bits per heavy atom. The fraction of sp³-hybridized carbons (Fsp3) is 0.111. The summed E-state index contributed by atoms with van der Waals surface area (Å²) in [6.45, 7) is 4.02. The fourth-order valence-electron chi connectivity index (χ4n) is 3.86. The van der Waals surface area contributed by atoms with Gasteiger partial charge in [0.25, 0.3) is 0 Å². The van der Waals surface area contributed by atoms with Gasteiger partial charge in [0.15, 0.2) is 5.11 Å². The first-order chi connectivity index (χ1) is 16.5. The van der Waals surface area contributed by atoms with Crippen LogP contribution in [0.3, 0.4) is 0 Å². The predicted octanol–water partition coefficient (Wildman–Crippen LogP) is 6.85. The summed E-state index contributed by atoms with van der Waals surface area (Å²) in [6.07, 6.45) is 1.76. The molecule has 0 bridgehead atoms. The van der Waals surface area contributed by atoms with Crippen molar-refractivity contribution in [1.82, 2.24) is 10.7 Å². The third kappa shape index (κ3) is 4.55. The lowest BCUT2D eigenvalue weighted by Crippen LogP contribution is -2.37. The summed E-state index contributed by atoms with van der Waals surface area (Å²) in [5.41, 5.74) is 8.72. The van der Waals surface area contributed by atoms with E-state index in [1.165, 1.54) is 0 Å². The Morgan fingerprint density at radius 2 is 1.59 bits per heavy atom. The van der Waals surface area contributed by atoms with Crippen LogP contribution < -0.4 is 16.3 Å². The van der Waals surface area contributed by atoms with Crippen LogP contribution in [-0.4, -0.2) is 11.2 Å². The molecule has 0 unspecified atom stereocenters. The van der Waals surface area contributed by atoms with E-state index < -0.39 is 0 Å². The van der Waals surface area contributed by atoms with Gasteiger partial charge in [-0.2, -0.15) is 0 Å². The second-order valence-electron chi connectivity index (χ2n) is 8.22. The van der Waals surface area contributed by atoms with Gasteiger partial charge in [0.2, 0.25) is 5.55 Å². The Morgan fingerprint density at radius 3 is 2.32 bits per heavy atom. The van der Waals surface area contributed by atoms with Crippen molar-refractivity contribution >= 4 is 50.9 Å². The minimum absolute atomic E-state index is 0.200. The molecule has 3 aromatic carbocycles. The summed E-state index contributed by atoms with van der Waals surface area (Å²) in [6, 6.07) is 24.0. The van der Waals surface area contributed by atoms with Crippen LogP contribution >= 0.6 is 23.8 Å². The number of halogens is 1. The monoisotopic (exact) mass is 487 g/mol. The highest BCUT2D eigenvalue weighted by Crippen LogP contribution is 2.36. The fourth-order valence-corrected chi connectivity index (χ4v) is 4.27. The largest absolute Gasteiger partial charge is 0.464 e. The lowest BCUT2D eigenvalue weighted by molar-refractivity contribution is 0.529. The molecule has 5 aromatic rings. The van der Waals surface area contributed by atoms with E-state index >= 15 is 0 Å². The second-order valence-corrected chi connectivity index (χ2v) is 9.06. The topological polar surface area (TPSA) is 62.7 Å². The molecular formula is C27H22ClN3O2S. The van der Waals surface area contributed by atoms with Crippen LogP contribution in [0.25, 0.3) is 44.2 Å². The molecule has 2 heterocycles. The Bertz CT molecular complexity index is 1550. The molecule has 0 aliphatic rings. The zero-order valence-corrected chi connectivity index (χ0v) is 20.2. The molecule has 5 nitrogen and oxygen atoms in total. The molecule has 0 spiro atoms. The first kappa shape index (κ1) is 22.2.